The third-order valence-electron chi connectivity index (χ3n) is 7.12. The molecule has 244 valence electrons. The Morgan fingerprint density at radius 2 is 1.62 bits per heavy atom. The lowest BCUT2D eigenvalue weighted by atomic mass is 9.97. The van der Waals surface area contributed by atoms with E-state index < -0.39 is 12.0 Å². The summed E-state index contributed by atoms with van der Waals surface area (Å²) >= 11 is 4.80. The molecule has 0 spiro atoms. The largest absolute Gasteiger partial charge is 0.490 e. The molecule has 0 amide bonds. The van der Waals surface area contributed by atoms with Gasteiger partial charge in [0.2, 0.25) is 0 Å². The molecule has 0 N–H and O–H groups in total. The first-order valence-electron chi connectivity index (χ1n) is 14.9. The molecular formula is C35H33BrN2O8S. The minimum Gasteiger partial charge on any atom is -0.490 e. The highest BCUT2D eigenvalue weighted by Gasteiger charge is 2.31. The summed E-state index contributed by atoms with van der Waals surface area (Å²) < 4.78 is 30.3. The van der Waals surface area contributed by atoms with Gasteiger partial charge in [0.05, 0.1) is 53.1 Å². The van der Waals surface area contributed by atoms with Crippen molar-refractivity contribution in [3.05, 3.63) is 119 Å². The summed E-state index contributed by atoms with van der Waals surface area (Å²) in [6.45, 7) is 7.00. The van der Waals surface area contributed by atoms with Gasteiger partial charge in [0.15, 0.2) is 16.3 Å². The second-order valence-corrected chi connectivity index (χ2v) is 12.0. The molecular weight excluding hydrogens is 688 g/mol. The van der Waals surface area contributed by atoms with Gasteiger partial charge in [-0.3, -0.25) is 9.36 Å². The predicted molar refractivity (Wildman–Crippen MR) is 181 cm³/mol. The molecule has 0 bridgehead atoms. The molecule has 12 heteroatoms. The molecule has 0 unspecified atom stereocenters. The number of halogens is 1. The van der Waals surface area contributed by atoms with Crippen LogP contribution in [0.4, 0.5) is 0 Å². The third kappa shape index (κ3) is 7.50. The van der Waals surface area contributed by atoms with E-state index in [-0.39, 0.29) is 17.1 Å². The molecule has 1 aliphatic heterocycles. The Kier molecular flexibility index (Phi) is 10.9. The second kappa shape index (κ2) is 15.3. The van der Waals surface area contributed by atoms with Crippen LogP contribution in [0.5, 0.6) is 17.2 Å². The van der Waals surface area contributed by atoms with Gasteiger partial charge in [-0.05, 0) is 95.9 Å². The zero-order valence-corrected chi connectivity index (χ0v) is 28.7. The fraction of sp³-hybridized carbons (Fsp3) is 0.257. The lowest BCUT2D eigenvalue weighted by Gasteiger charge is -2.23. The van der Waals surface area contributed by atoms with Crippen LogP contribution in [0.15, 0.2) is 86.7 Å². The van der Waals surface area contributed by atoms with Gasteiger partial charge in [-0.1, -0.05) is 35.6 Å². The van der Waals surface area contributed by atoms with Gasteiger partial charge >= 0.3 is 11.9 Å². The first-order chi connectivity index (χ1) is 22.8. The Bertz CT molecular complexity index is 2000. The van der Waals surface area contributed by atoms with Crippen molar-refractivity contribution in [1.82, 2.24) is 4.57 Å². The minimum absolute atomic E-state index is 0.220. The minimum atomic E-state index is -0.787. The summed E-state index contributed by atoms with van der Waals surface area (Å²) in [5.41, 5.74) is 2.69. The molecule has 1 atom stereocenters. The Labute approximate surface area is 283 Å². The van der Waals surface area contributed by atoms with Crippen LogP contribution in [0, 0.1) is 0 Å². The second-order valence-electron chi connectivity index (χ2n) is 10.1. The lowest BCUT2D eigenvalue weighted by Crippen LogP contribution is -2.39. The predicted octanol–water partition coefficient (Wildman–Crippen LogP) is 5.33. The number of methoxy groups -OCH3 is 1. The number of thiazole rings is 1. The molecule has 10 nitrogen and oxygen atoms in total. The van der Waals surface area contributed by atoms with Crippen molar-refractivity contribution in [1.29, 1.82) is 0 Å². The number of carbonyl (C=O) groups excluding carboxylic acids is 2. The number of hydrogen-bond acceptors (Lipinski definition) is 10. The number of nitrogens with zero attached hydrogens (tertiary/aromatic N) is 2. The number of hydrogen-bond donors (Lipinski definition) is 0. The summed E-state index contributed by atoms with van der Waals surface area (Å²) in [5, 5.41) is 0. The molecule has 4 aromatic rings. The SMILES string of the molecule is CCOC(=O)c1ccc(COc2ccc(/C=c3/sc4n(c3=O)[C@@H](c3ccc(OCC)c(OCC)c3)C(C(=O)OC)=CN=4)cc2Br)cc1. The molecule has 47 heavy (non-hydrogen) atoms. The Hall–Kier alpha value is -4.68. The van der Waals surface area contributed by atoms with Crippen molar-refractivity contribution in [2.24, 2.45) is 4.99 Å². The Morgan fingerprint density at radius 3 is 2.30 bits per heavy atom. The van der Waals surface area contributed by atoms with Crippen molar-refractivity contribution in [3.8, 4) is 17.2 Å². The maximum atomic E-state index is 13.9. The lowest BCUT2D eigenvalue weighted by molar-refractivity contribution is -0.136. The Morgan fingerprint density at radius 1 is 0.894 bits per heavy atom. The van der Waals surface area contributed by atoms with E-state index in [1.165, 1.54) is 29.2 Å². The first-order valence-corrected chi connectivity index (χ1v) is 16.6. The van der Waals surface area contributed by atoms with Crippen LogP contribution >= 0.6 is 27.3 Å². The average molecular weight is 722 g/mol. The van der Waals surface area contributed by atoms with Crippen LogP contribution in [-0.2, 0) is 20.9 Å². The highest BCUT2D eigenvalue weighted by atomic mass is 79.9. The van der Waals surface area contributed by atoms with E-state index in [4.69, 9.17) is 23.7 Å². The molecule has 0 fully saturated rings. The molecule has 5 rings (SSSR count). The topological polar surface area (TPSA) is 115 Å². The van der Waals surface area contributed by atoms with E-state index in [1.807, 2.05) is 50.2 Å². The van der Waals surface area contributed by atoms with Crippen LogP contribution in [0.1, 0.15) is 53.9 Å². The van der Waals surface area contributed by atoms with E-state index in [1.54, 1.807) is 37.3 Å². The number of carbonyl (C=O) groups is 2. The van der Waals surface area contributed by atoms with Crippen LogP contribution in [0.3, 0.4) is 0 Å². The highest BCUT2D eigenvalue weighted by molar-refractivity contribution is 9.10. The number of esters is 2. The van der Waals surface area contributed by atoms with E-state index >= 15 is 0 Å². The van der Waals surface area contributed by atoms with Gasteiger partial charge in [-0.15, -0.1) is 0 Å². The maximum Gasteiger partial charge on any atom is 0.338 e. The van der Waals surface area contributed by atoms with Crippen LogP contribution in [-0.4, -0.2) is 43.4 Å². The average Bonchev–Trinajstić information content (AvgIpc) is 3.39. The highest BCUT2D eigenvalue weighted by Crippen LogP contribution is 2.35. The number of fused-ring (bicyclic) bond motifs is 1. The Balaban J connectivity index is 1.44. The quantitative estimate of drug-likeness (QED) is 0.181. The van der Waals surface area contributed by atoms with Gasteiger partial charge in [-0.25, -0.2) is 14.6 Å². The first kappa shape index (κ1) is 33.7. The van der Waals surface area contributed by atoms with Crippen molar-refractivity contribution in [3.63, 3.8) is 0 Å². The summed E-state index contributed by atoms with van der Waals surface area (Å²) in [6.07, 6.45) is 3.23. The number of rotatable bonds is 12. The zero-order valence-electron chi connectivity index (χ0n) is 26.3. The normalized spacial score (nSPS) is 14.0. The molecule has 0 saturated heterocycles. The van der Waals surface area contributed by atoms with Crippen molar-refractivity contribution in [2.75, 3.05) is 26.9 Å². The van der Waals surface area contributed by atoms with Gasteiger partial charge in [0, 0.05) is 6.20 Å². The number of ether oxygens (including phenoxy) is 5. The van der Waals surface area contributed by atoms with Gasteiger partial charge in [-0.2, -0.15) is 0 Å². The van der Waals surface area contributed by atoms with E-state index in [0.29, 0.717) is 68.6 Å². The fourth-order valence-electron chi connectivity index (χ4n) is 4.98. The third-order valence-corrected chi connectivity index (χ3v) is 8.74. The van der Waals surface area contributed by atoms with Crippen molar-refractivity contribution >= 4 is 45.3 Å². The number of aromatic nitrogens is 1. The van der Waals surface area contributed by atoms with E-state index in [9.17, 15) is 14.4 Å². The van der Waals surface area contributed by atoms with Gasteiger partial charge in [0.1, 0.15) is 12.4 Å². The number of benzene rings is 3. The molecule has 3 aromatic carbocycles. The monoisotopic (exact) mass is 720 g/mol. The van der Waals surface area contributed by atoms with Gasteiger partial charge < -0.3 is 23.7 Å². The molecule has 2 heterocycles. The van der Waals surface area contributed by atoms with E-state index in [2.05, 4.69) is 20.9 Å². The molecule has 1 aromatic heterocycles. The van der Waals surface area contributed by atoms with Gasteiger partial charge in [0.25, 0.3) is 5.56 Å². The smallest absolute Gasteiger partial charge is 0.338 e. The van der Waals surface area contributed by atoms with Crippen molar-refractivity contribution in [2.45, 2.75) is 33.4 Å². The molecule has 1 aliphatic rings. The summed E-state index contributed by atoms with van der Waals surface area (Å²) in [7, 11) is 1.29. The standard InChI is InChI=1S/C35H33BrN2O8S/c1-5-43-28-15-13-24(18-29(28)44-6-2)31-25(34(41)42-4)19-37-35-38(31)32(39)30(47-35)17-22-10-14-27(26(36)16-22)46-20-21-8-11-23(12-9-21)33(40)45-7-3/h8-19,31H,5-7,20H2,1-4H3/b30-17+/t31-/m0/s1. The van der Waals surface area contributed by atoms with E-state index in [0.717, 1.165) is 11.1 Å². The van der Waals surface area contributed by atoms with Crippen LogP contribution in [0.25, 0.3) is 6.08 Å². The summed E-state index contributed by atoms with van der Waals surface area (Å²) in [4.78, 5) is 43.6. The van der Waals surface area contributed by atoms with Crippen LogP contribution < -0.4 is 29.1 Å². The molecule has 0 saturated carbocycles. The fourth-order valence-corrected chi connectivity index (χ4v) is 6.46. The molecule has 0 aliphatic carbocycles. The summed E-state index contributed by atoms with van der Waals surface area (Å²) in [6, 6.07) is 17.1. The summed E-state index contributed by atoms with van der Waals surface area (Å²) in [5.74, 6) is 0.739. The maximum absolute atomic E-state index is 13.9. The zero-order chi connectivity index (χ0) is 33.5. The molecule has 0 radical (unpaired) electrons. The van der Waals surface area contributed by atoms with Crippen molar-refractivity contribution < 1.29 is 33.3 Å². The van der Waals surface area contributed by atoms with Crippen LogP contribution in [0.2, 0.25) is 0 Å².